The highest BCUT2D eigenvalue weighted by Gasteiger charge is 2.13. The van der Waals surface area contributed by atoms with Gasteiger partial charge >= 0.3 is 5.97 Å². The van der Waals surface area contributed by atoms with Crippen molar-refractivity contribution in [2.75, 3.05) is 32.3 Å². The molecule has 0 radical (unpaired) electrons. The largest absolute Gasteiger partial charge is 0.465 e. The zero-order chi connectivity index (χ0) is 16.7. The fourth-order valence-electron chi connectivity index (χ4n) is 2.34. The van der Waals surface area contributed by atoms with Crippen molar-refractivity contribution in [3.63, 3.8) is 0 Å². The Kier molecular flexibility index (Phi) is 6.14. The smallest absolute Gasteiger partial charge is 0.337 e. The van der Waals surface area contributed by atoms with Crippen LogP contribution in [0.2, 0.25) is 0 Å². The number of carbonyl (C=O) groups is 1. The van der Waals surface area contributed by atoms with Crippen LogP contribution in [-0.4, -0.2) is 43.4 Å². The molecule has 122 valence electrons. The van der Waals surface area contributed by atoms with E-state index >= 15 is 0 Å². The van der Waals surface area contributed by atoms with Crippen LogP contribution < -0.4 is 5.01 Å². The lowest BCUT2D eigenvalue weighted by Gasteiger charge is -2.33. The summed E-state index contributed by atoms with van der Waals surface area (Å²) in [6.45, 7) is 1.28. The van der Waals surface area contributed by atoms with Crippen molar-refractivity contribution in [1.29, 1.82) is 0 Å². The van der Waals surface area contributed by atoms with Gasteiger partial charge in [-0.2, -0.15) is 0 Å². The lowest BCUT2D eigenvalue weighted by atomic mass is 10.2. The van der Waals surface area contributed by atoms with Crippen molar-refractivity contribution >= 4 is 11.7 Å². The first-order valence-corrected chi connectivity index (χ1v) is 7.47. The minimum atomic E-state index is -0.351. The number of rotatable bonds is 7. The highest BCUT2D eigenvalue weighted by atomic mass is 16.5. The summed E-state index contributed by atoms with van der Waals surface area (Å²) in [6.07, 6.45) is 0. The van der Waals surface area contributed by atoms with Gasteiger partial charge in [-0.25, -0.2) is 9.80 Å². The molecule has 0 amide bonds. The molecular formula is C18H22N2O3. The van der Waals surface area contributed by atoms with Gasteiger partial charge < -0.3 is 14.9 Å². The van der Waals surface area contributed by atoms with Gasteiger partial charge in [-0.3, -0.25) is 0 Å². The summed E-state index contributed by atoms with van der Waals surface area (Å²) in [6, 6.07) is 17.3. The summed E-state index contributed by atoms with van der Waals surface area (Å²) >= 11 is 0. The summed E-state index contributed by atoms with van der Waals surface area (Å²) in [5.41, 5.74) is 2.61. The van der Waals surface area contributed by atoms with Gasteiger partial charge in [0.2, 0.25) is 0 Å². The van der Waals surface area contributed by atoms with Crippen molar-refractivity contribution in [3.8, 4) is 0 Å². The summed E-state index contributed by atoms with van der Waals surface area (Å²) in [5, 5.41) is 13.4. The monoisotopic (exact) mass is 314 g/mol. The highest BCUT2D eigenvalue weighted by molar-refractivity contribution is 5.89. The van der Waals surface area contributed by atoms with Gasteiger partial charge in [0.1, 0.15) is 0 Å². The number of aliphatic hydroxyl groups is 1. The predicted molar refractivity (Wildman–Crippen MR) is 90.1 cm³/mol. The average molecular weight is 314 g/mol. The number of hydrogen-bond donors (Lipinski definition) is 1. The second-order valence-corrected chi connectivity index (χ2v) is 5.16. The molecule has 0 heterocycles. The lowest BCUT2D eigenvalue weighted by molar-refractivity contribution is 0.0600. The zero-order valence-corrected chi connectivity index (χ0v) is 13.5. The van der Waals surface area contributed by atoms with Crippen LogP contribution in [0.5, 0.6) is 0 Å². The molecule has 0 aliphatic rings. The van der Waals surface area contributed by atoms with Crippen LogP contribution in [0, 0.1) is 0 Å². The van der Waals surface area contributed by atoms with Crippen molar-refractivity contribution in [3.05, 3.63) is 65.7 Å². The third-order valence-electron chi connectivity index (χ3n) is 3.65. The maximum atomic E-state index is 11.5. The number of hydrazine groups is 1. The first kappa shape index (κ1) is 17.0. The van der Waals surface area contributed by atoms with Gasteiger partial charge in [0.25, 0.3) is 0 Å². The Morgan fingerprint density at radius 1 is 1.09 bits per heavy atom. The van der Waals surface area contributed by atoms with E-state index in [4.69, 9.17) is 4.74 Å². The third-order valence-corrected chi connectivity index (χ3v) is 3.65. The minimum absolute atomic E-state index is 0.0669. The summed E-state index contributed by atoms with van der Waals surface area (Å²) in [5.74, 6) is -0.351. The van der Waals surface area contributed by atoms with E-state index in [1.54, 1.807) is 12.1 Å². The third kappa shape index (κ3) is 4.55. The quantitative estimate of drug-likeness (QED) is 0.628. The highest BCUT2D eigenvalue weighted by Crippen LogP contribution is 2.18. The van der Waals surface area contributed by atoms with Crippen LogP contribution in [0.1, 0.15) is 15.9 Å². The number of esters is 1. The fourth-order valence-corrected chi connectivity index (χ4v) is 2.34. The van der Waals surface area contributed by atoms with Crippen molar-refractivity contribution < 1.29 is 14.6 Å². The zero-order valence-electron chi connectivity index (χ0n) is 13.5. The van der Waals surface area contributed by atoms with Gasteiger partial charge in [-0.15, -0.1) is 0 Å². The molecule has 5 nitrogen and oxygen atoms in total. The second kappa shape index (κ2) is 8.31. The van der Waals surface area contributed by atoms with E-state index in [9.17, 15) is 9.90 Å². The Morgan fingerprint density at radius 2 is 1.74 bits per heavy atom. The predicted octanol–water partition coefficient (Wildman–Crippen LogP) is 2.32. The molecule has 2 rings (SSSR count). The minimum Gasteiger partial charge on any atom is -0.465 e. The number of nitrogens with zero attached hydrogens (tertiary/aromatic N) is 2. The maximum absolute atomic E-state index is 11.5. The molecule has 2 aromatic rings. The van der Waals surface area contributed by atoms with E-state index in [1.165, 1.54) is 12.7 Å². The molecule has 1 N–H and O–H groups in total. The fraction of sp³-hybridized carbons (Fsp3) is 0.278. The molecule has 0 fully saturated rings. The Bertz CT molecular complexity index is 614. The van der Waals surface area contributed by atoms with Crippen LogP contribution in [0.15, 0.2) is 54.6 Å². The van der Waals surface area contributed by atoms with Crippen LogP contribution in [-0.2, 0) is 11.3 Å². The van der Waals surface area contributed by atoms with E-state index in [0.29, 0.717) is 18.7 Å². The first-order valence-electron chi connectivity index (χ1n) is 7.47. The van der Waals surface area contributed by atoms with E-state index in [1.807, 2.05) is 47.4 Å². The topological polar surface area (TPSA) is 53.0 Å². The van der Waals surface area contributed by atoms with Gasteiger partial charge in [0.15, 0.2) is 0 Å². The lowest BCUT2D eigenvalue weighted by Crippen LogP contribution is -2.41. The molecule has 5 heteroatoms. The van der Waals surface area contributed by atoms with E-state index in [0.717, 1.165) is 5.69 Å². The standard InChI is InChI=1S/C18H22N2O3/c1-19(17-10-8-16(9-11-17)18(22)23-2)20(12-13-21)14-15-6-4-3-5-7-15/h3-11,21H,12-14H2,1-2H3. The molecule has 23 heavy (non-hydrogen) atoms. The van der Waals surface area contributed by atoms with Crippen LogP contribution >= 0.6 is 0 Å². The Morgan fingerprint density at radius 3 is 2.30 bits per heavy atom. The molecule has 0 saturated carbocycles. The Labute approximate surface area is 136 Å². The van der Waals surface area contributed by atoms with Crippen LogP contribution in [0.3, 0.4) is 0 Å². The number of benzene rings is 2. The average Bonchev–Trinajstić information content (AvgIpc) is 2.61. The number of anilines is 1. The number of hydrogen-bond acceptors (Lipinski definition) is 5. The van der Waals surface area contributed by atoms with Crippen molar-refractivity contribution in [2.24, 2.45) is 0 Å². The molecule has 0 unspecified atom stereocenters. The number of aliphatic hydroxyl groups excluding tert-OH is 1. The maximum Gasteiger partial charge on any atom is 0.337 e. The van der Waals surface area contributed by atoms with Crippen LogP contribution in [0.25, 0.3) is 0 Å². The molecular weight excluding hydrogens is 292 g/mol. The van der Waals surface area contributed by atoms with Crippen molar-refractivity contribution in [1.82, 2.24) is 5.01 Å². The van der Waals surface area contributed by atoms with Crippen LogP contribution in [0.4, 0.5) is 5.69 Å². The Hall–Kier alpha value is -2.37. The normalized spacial score (nSPS) is 10.6. The molecule has 0 aliphatic carbocycles. The SMILES string of the molecule is COC(=O)c1ccc(N(C)N(CCO)Cc2ccccc2)cc1. The van der Waals surface area contributed by atoms with Gasteiger partial charge in [0, 0.05) is 20.1 Å². The van der Waals surface area contributed by atoms with Gasteiger partial charge in [0.05, 0.1) is 25.0 Å². The molecule has 0 aliphatic heterocycles. The summed E-state index contributed by atoms with van der Waals surface area (Å²) in [4.78, 5) is 11.5. The second-order valence-electron chi connectivity index (χ2n) is 5.16. The number of ether oxygens (including phenoxy) is 1. The molecule has 2 aromatic carbocycles. The summed E-state index contributed by atoms with van der Waals surface area (Å²) in [7, 11) is 3.30. The van der Waals surface area contributed by atoms with Gasteiger partial charge in [-0.1, -0.05) is 30.3 Å². The summed E-state index contributed by atoms with van der Waals surface area (Å²) < 4.78 is 4.71. The molecule has 0 aromatic heterocycles. The molecule has 0 saturated heterocycles. The Balaban J connectivity index is 2.13. The number of carbonyl (C=O) groups excluding carboxylic acids is 1. The number of methoxy groups -OCH3 is 1. The van der Waals surface area contributed by atoms with E-state index in [-0.39, 0.29) is 12.6 Å². The van der Waals surface area contributed by atoms with E-state index < -0.39 is 0 Å². The first-order chi connectivity index (χ1) is 11.2. The van der Waals surface area contributed by atoms with E-state index in [2.05, 4.69) is 12.1 Å². The molecule has 0 atom stereocenters. The van der Waals surface area contributed by atoms with Crippen molar-refractivity contribution in [2.45, 2.75) is 6.54 Å². The molecule has 0 bridgehead atoms. The van der Waals surface area contributed by atoms with Gasteiger partial charge in [-0.05, 0) is 29.8 Å². The molecule has 0 spiro atoms.